The summed E-state index contributed by atoms with van der Waals surface area (Å²) in [5.74, 6) is -5.00. The SMILES string of the molecule is CC(C)C1CCc2c(cn(C)c2C(=O)Nc2cc(F)c(F)c(F)c2)S(=N)(=O)N1. The third kappa shape index (κ3) is 3.66. The minimum absolute atomic E-state index is 0.145. The summed E-state index contributed by atoms with van der Waals surface area (Å²) in [5, 5.41) is 2.35. The lowest BCUT2D eigenvalue weighted by Gasteiger charge is -2.20. The third-order valence-electron chi connectivity index (χ3n) is 4.84. The van der Waals surface area contributed by atoms with Crippen molar-refractivity contribution in [3.63, 3.8) is 0 Å². The first-order valence-corrected chi connectivity index (χ1v) is 10.3. The number of aromatic nitrogens is 1. The van der Waals surface area contributed by atoms with Crippen LogP contribution in [-0.4, -0.2) is 20.7 Å². The van der Waals surface area contributed by atoms with Crippen LogP contribution in [0.25, 0.3) is 0 Å². The molecule has 2 unspecified atom stereocenters. The molecule has 1 aromatic heterocycles. The van der Waals surface area contributed by atoms with Crippen LogP contribution in [0.2, 0.25) is 0 Å². The molecule has 2 heterocycles. The van der Waals surface area contributed by atoms with Crippen LogP contribution in [0.15, 0.2) is 23.2 Å². The number of fused-ring (bicyclic) bond motifs is 1. The molecule has 1 aliphatic rings. The number of anilines is 1. The molecule has 0 aliphatic carbocycles. The molecule has 152 valence electrons. The van der Waals surface area contributed by atoms with Gasteiger partial charge in [0.2, 0.25) is 0 Å². The highest BCUT2D eigenvalue weighted by atomic mass is 32.2. The van der Waals surface area contributed by atoms with E-state index in [1.54, 1.807) is 7.05 Å². The van der Waals surface area contributed by atoms with Crippen molar-refractivity contribution in [1.82, 2.24) is 9.29 Å². The van der Waals surface area contributed by atoms with E-state index in [4.69, 9.17) is 4.78 Å². The Labute approximate surface area is 161 Å². The number of rotatable bonds is 3. The number of benzene rings is 1. The molecule has 0 spiro atoms. The highest BCUT2D eigenvalue weighted by molar-refractivity contribution is 7.90. The predicted octanol–water partition coefficient (Wildman–Crippen LogP) is 3.58. The average Bonchev–Trinajstić information content (AvgIpc) is 2.87. The molecule has 0 saturated carbocycles. The highest BCUT2D eigenvalue weighted by Crippen LogP contribution is 2.30. The van der Waals surface area contributed by atoms with Gasteiger partial charge in [0.25, 0.3) is 5.91 Å². The van der Waals surface area contributed by atoms with Crippen LogP contribution < -0.4 is 10.0 Å². The quantitative estimate of drug-likeness (QED) is 0.671. The summed E-state index contributed by atoms with van der Waals surface area (Å²) in [5.41, 5.74) is 0.361. The number of hydrogen-bond donors (Lipinski definition) is 3. The van der Waals surface area contributed by atoms with Crippen LogP contribution in [0.5, 0.6) is 0 Å². The van der Waals surface area contributed by atoms with Gasteiger partial charge < -0.3 is 9.88 Å². The molecule has 3 rings (SSSR count). The molecule has 10 heteroatoms. The molecule has 0 saturated heterocycles. The van der Waals surface area contributed by atoms with Crippen LogP contribution in [0, 0.1) is 28.1 Å². The fraction of sp³-hybridized carbons (Fsp3) is 0.389. The Morgan fingerprint density at radius 2 is 1.93 bits per heavy atom. The van der Waals surface area contributed by atoms with Gasteiger partial charge in [-0.3, -0.25) is 4.79 Å². The van der Waals surface area contributed by atoms with Crippen molar-refractivity contribution in [2.24, 2.45) is 13.0 Å². The molecule has 0 radical (unpaired) electrons. The summed E-state index contributed by atoms with van der Waals surface area (Å²) in [6.07, 6.45) is 2.45. The molecule has 1 aromatic carbocycles. The number of halogens is 3. The molecule has 0 bridgehead atoms. The summed E-state index contributed by atoms with van der Waals surface area (Å²) in [6.45, 7) is 3.91. The second-order valence-corrected chi connectivity index (χ2v) is 8.99. The highest BCUT2D eigenvalue weighted by Gasteiger charge is 2.32. The smallest absolute Gasteiger partial charge is 0.272 e. The second kappa shape index (κ2) is 7.25. The van der Waals surface area contributed by atoms with Gasteiger partial charge in [0.1, 0.15) is 15.6 Å². The number of carbonyl (C=O) groups is 1. The van der Waals surface area contributed by atoms with E-state index < -0.39 is 33.3 Å². The standard InChI is InChI=1S/C18H21F3N4O2S/c1-9(2)14-5-4-11-15(28(22,27)24-14)8-25(3)17(11)18(26)23-10-6-12(19)16(21)13(20)7-10/h6-9,14H,4-5H2,1-3H3,(H,23,26)(H2,22,24,27). The van der Waals surface area contributed by atoms with Crippen LogP contribution in [0.1, 0.15) is 36.3 Å². The van der Waals surface area contributed by atoms with E-state index >= 15 is 0 Å². The van der Waals surface area contributed by atoms with Crippen molar-refractivity contribution in [3.05, 3.63) is 47.0 Å². The molecule has 6 nitrogen and oxygen atoms in total. The zero-order valence-electron chi connectivity index (χ0n) is 15.6. The lowest BCUT2D eigenvalue weighted by atomic mass is 9.97. The van der Waals surface area contributed by atoms with Crippen molar-refractivity contribution in [2.45, 2.75) is 37.6 Å². The fourth-order valence-electron chi connectivity index (χ4n) is 3.36. The van der Waals surface area contributed by atoms with Crippen molar-refractivity contribution < 1.29 is 22.2 Å². The topological polar surface area (TPSA) is 87.0 Å². The van der Waals surface area contributed by atoms with Crippen molar-refractivity contribution in [3.8, 4) is 0 Å². The van der Waals surface area contributed by atoms with Crippen LogP contribution in [-0.2, 0) is 23.4 Å². The summed E-state index contributed by atoms with van der Waals surface area (Å²) in [4.78, 5) is 13.0. The van der Waals surface area contributed by atoms with Crippen molar-refractivity contribution in [2.75, 3.05) is 5.32 Å². The number of hydrogen-bond acceptors (Lipinski definition) is 3. The molecule has 1 aliphatic heterocycles. The first kappa shape index (κ1) is 20.4. The number of aryl methyl sites for hydroxylation is 1. The van der Waals surface area contributed by atoms with Gasteiger partial charge in [-0.25, -0.2) is 26.9 Å². The van der Waals surface area contributed by atoms with Gasteiger partial charge in [-0.1, -0.05) is 13.8 Å². The van der Waals surface area contributed by atoms with E-state index in [9.17, 15) is 22.2 Å². The van der Waals surface area contributed by atoms with E-state index in [-0.39, 0.29) is 28.2 Å². The lowest BCUT2D eigenvalue weighted by molar-refractivity contribution is 0.101. The average molecular weight is 414 g/mol. The molecular weight excluding hydrogens is 393 g/mol. The monoisotopic (exact) mass is 414 g/mol. The molecular formula is C18H21F3N4O2S. The summed E-state index contributed by atoms with van der Waals surface area (Å²) in [7, 11) is -1.76. The minimum Gasteiger partial charge on any atom is -0.345 e. The molecule has 28 heavy (non-hydrogen) atoms. The summed E-state index contributed by atoms with van der Waals surface area (Å²) in [6, 6.07) is 1.21. The number of nitrogens with one attached hydrogen (secondary N) is 3. The van der Waals surface area contributed by atoms with Crippen LogP contribution in [0.4, 0.5) is 18.9 Å². The molecule has 3 N–H and O–H groups in total. The van der Waals surface area contributed by atoms with Gasteiger partial charge in [-0.2, -0.15) is 0 Å². The maximum absolute atomic E-state index is 13.4. The Kier molecular flexibility index (Phi) is 5.28. The van der Waals surface area contributed by atoms with E-state index in [2.05, 4.69) is 10.0 Å². The first-order chi connectivity index (χ1) is 13.0. The molecule has 2 aromatic rings. The largest absolute Gasteiger partial charge is 0.345 e. The number of carbonyl (C=O) groups excluding carboxylic acids is 1. The van der Waals surface area contributed by atoms with Crippen molar-refractivity contribution >= 4 is 21.5 Å². The van der Waals surface area contributed by atoms with Gasteiger partial charge in [-0.05, 0) is 18.8 Å². The lowest BCUT2D eigenvalue weighted by Crippen LogP contribution is -2.36. The maximum atomic E-state index is 13.4. The first-order valence-electron chi connectivity index (χ1n) is 8.71. The molecule has 0 fully saturated rings. The normalized spacial score (nSPS) is 22.0. The van der Waals surface area contributed by atoms with E-state index in [1.807, 2.05) is 13.8 Å². The molecule has 2 atom stereocenters. The van der Waals surface area contributed by atoms with Gasteiger partial charge >= 0.3 is 0 Å². The Morgan fingerprint density at radius 3 is 2.50 bits per heavy atom. The van der Waals surface area contributed by atoms with E-state index in [0.29, 0.717) is 30.5 Å². The number of amides is 1. The third-order valence-corrected chi connectivity index (χ3v) is 6.45. The Morgan fingerprint density at radius 1 is 1.32 bits per heavy atom. The minimum atomic E-state index is -3.32. The Bertz CT molecular complexity index is 1020. The van der Waals surface area contributed by atoms with Crippen molar-refractivity contribution in [1.29, 1.82) is 4.78 Å². The van der Waals surface area contributed by atoms with Gasteiger partial charge in [0.15, 0.2) is 17.5 Å². The fourth-order valence-corrected chi connectivity index (χ4v) is 5.15. The number of nitrogens with zero attached hydrogens (tertiary/aromatic N) is 1. The summed E-state index contributed by atoms with van der Waals surface area (Å²) >= 11 is 0. The van der Waals surface area contributed by atoms with Gasteiger partial charge in [0.05, 0.1) is 4.90 Å². The molecule has 1 amide bonds. The second-order valence-electron chi connectivity index (χ2n) is 7.20. The van der Waals surface area contributed by atoms with Gasteiger partial charge in [0, 0.05) is 42.7 Å². The van der Waals surface area contributed by atoms with E-state index in [1.165, 1.54) is 10.8 Å². The van der Waals surface area contributed by atoms with Gasteiger partial charge in [-0.15, -0.1) is 0 Å². The van der Waals surface area contributed by atoms with Crippen LogP contribution in [0.3, 0.4) is 0 Å². The predicted molar refractivity (Wildman–Crippen MR) is 98.9 cm³/mol. The zero-order chi connectivity index (χ0) is 20.8. The van der Waals surface area contributed by atoms with Crippen LogP contribution >= 0.6 is 0 Å². The maximum Gasteiger partial charge on any atom is 0.272 e. The van der Waals surface area contributed by atoms with E-state index in [0.717, 1.165) is 0 Å². The Balaban J connectivity index is 1.99. The summed E-state index contributed by atoms with van der Waals surface area (Å²) < 4.78 is 65.4. The zero-order valence-corrected chi connectivity index (χ0v) is 16.4. The Hall–Kier alpha value is -2.33.